The van der Waals surface area contributed by atoms with E-state index in [1.54, 1.807) is 0 Å². The van der Waals surface area contributed by atoms with Crippen LogP contribution in [-0.2, 0) is 19.6 Å². The summed E-state index contributed by atoms with van der Waals surface area (Å²) in [6.45, 7) is 4.90. The molecule has 2 fully saturated rings. The maximum absolute atomic E-state index is 5.75. The zero-order chi connectivity index (χ0) is 16.2. The quantitative estimate of drug-likeness (QED) is 0.508. The Morgan fingerprint density at radius 2 is 1.26 bits per heavy atom. The fourth-order valence-corrected chi connectivity index (χ4v) is 3.38. The van der Waals surface area contributed by atoms with E-state index in [2.05, 4.69) is 6.58 Å². The van der Waals surface area contributed by atoms with E-state index in [-0.39, 0.29) is 0 Å². The summed E-state index contributed by atoms with van der Waals surface area (Å²) < 4.78 is 0. The molecule has 0 bridgehead atoms. The number of hydrogen-bond donors (Lipinski definition) is 0. The van der Waals surface area contributed by atoms with Gasteiger partial charge in [-0.25, -0.2) is 9.78 Å². The molecule has 0 unspecified atom stereocenters. The first-order chi connectivity index (χ1) is 11.3. The molecule has 23 heavy (non-hydrogen) atoms. The molecule has 0 radical (unpaired) electrons. The summed E-state index contributed by atoms with van der Waals surface area (Å²) in [6, 6.07) is 0. The Morgan fingerprint density at radius 3 is 1.74 bits per heavy atom. The Bertz CT molecular complexity index is 294. The fraction of sp³-hybridized carbons (Fsp3) is 0.895. The van der Waals surface area contributed by atoms with Gasteiger partial charge in [-0.05, 0) is 25.7 Å². The van der Waals surface area contributed by atoms with E-state index in [9.17, 15) is 0 Å². The van der Waals surface area contributed by atoms with Crippen molar-refractivity contribution in [2.45, 2.75) is 89.3 Å². The van der Waals surface area contributed by atoms with E-state index in [0.29, 0.717) is 19.1 Å². The molecule has 1 aliphatic heterocycles. The summed E-state index contributed by atoms with van der Waals surface area (Å²) in [7, 11) is 0. The summed E-state index contributed by atoms with van der Waals surface area (Å²) in [4.78, 5) is 22.6. The lowest BCUT2D eigenvalue weighted by atomic mass is 9.97. The first-order valence-corrected chi connectivity index (χ1v) is 9.57. The molecule has 0 atom stereocenters. The van der Waals surface area contributed by atoms with Crippen LogP contribution in [-0.4, -0.2) is 19.0 Å². The number of hydrogen-bond acceptors (Lipinski definition) is 4. The van der Waals surface area contributed by atoms with Crippen molar-refractivity contribution in [2.75, 3.05) is 13.2 Å². The fourth-order valence-electron chi connectivity index (χ4n) is 3.38. The van der Waals surface area contributed by atoms with Gasteiger partial charge in [-0.3, -0.25) is 0 Å². The number of rotatable bonds is 3. The van der Waals surface area contributed by atoms with Crippen molar-refractivity contribution in [3.8, 4) is 0 Å². The molecule has 1 saturated heterocycles. The summed E-state index contributed by atoms with van der Waals surface area (Å²) in [5, 5.41) is 0. The van der Waals surface area contributed by atoms with Gasteiger partial charge in [0.15, 0.2) is 0 Å². The molecule has 0 aromatic heterocycles. The third kappa shape index (κ3) is 7.34. The Labute approximate surface area is 141 Å². The standard InChI is InChI=1S/C19H34O4/c1-2-3-13-18-16-20-22-19(23-21-17-18)14-11-9-7-5-4-6-8-10-12-15-19/h2,18H,1,3-17H2. The SMILES string of the molecule is C=CCCC1COOC2(CCCCCCCCCCC2)OOC1. The van der Waals surface area contributed by atoms with Crippen molar-refractivity contribution in [3.63, 3.8) is 0 Å². The highest BCUT2D eigenvalue weighted by molar-refractivity contribution is 4.72. The lowest BCUT2D eigenvalue weighted by Gasteiger charge is -2.34. The second-order valence-corrected chi connectivity index (χ2v) is 7.06. The van der Waals surface area contributed by atoms with Crippen molar-refractivity contribution < 1.29 is 19.6 Å². The third-order valence-electron chi connectivity index (χ3n) is 4.92. The molecule has 1 spiro atoms. The van der Waals surface area contributed by atoms with Crippen LogP contribution in [0.4, 0.5) is 0 Å². The first-order valence-electron chi connectivity index (χ1n) is 9.57. The van der Waals surface area contributed by atoms with Crippen molar-refractivity contribution >= 4 is 0 Å². The first kappa shape index (κ1) is 18.9. The van der Waals surface area contributed by atoms with Crippen LogP contribution >= 0.6 is 0 Å². The second kappa shape index (κ2) is 11.2. The lowest BCUT2D eigenvalue weighted by molar-refractivity contribution is -0.531. The van der Waals surface area contributed by atoms with Crippen LogP contribution in [0, 0.1) is 5.92 Å². The highest BCUT2D eigenvalue weighted by Gasteiger charge is 2.36. The summed E-state index contributed by atoms with van der Waals surface area (Å²) >= 11 is 0. The predicted molar refractivity (Wildman–Crippen MR) is 90.5 cm³/mol. The molecule has 2 aliphatic rings. The van der Waals surface area contributed by atoms with Crippen LogP contribution in [0.2, 0.25) is 0 Å². The molecule has 1 saturated carbocycles. The summed E-state index contributed by atoms with van der Waals surface area (Å²) in [5.41, 5.74) is 0. The Balaban J connectivity index is 1.84. The largest absolute Gasteiger partial charge is 0.233 e. The van der Waals surface area contributed by atoms with Crippen molar-refractivity contribution in [1.82, 2.24) is 0 Å². The average molecular weight is 326 g/mol. The van der Waals surface area contributed by atoms with Crippen LogP contribution in [0.3, 0.4) is 0 Å². The molecule has 4 nitrogen and oxygen atoms in total. The molecule has 2 rings (SSSR count). The van der Waals surface area contributed by atoms with Gasteiger partial charge in [-0.2, -0.15) is 9.78 Å². The molecule has 0 N–H and O–H groups in total. The predicted octanol–water partition coefficient (Wildman–Crippen LogP) is 5.48. The van der Waals surface area contributed by atoms with Crippen LogP contribution in [0.1, 0.15) is 83.5 Å². The zero-order valence-corrected chi connectivity index (χ0v) is 14.6. The van der Waals surface area contributed by atoms with E-state index in [1.807, 2.05) is 6.08 Å². The van der Waals surface area contributed by atoms with Gasteiger partial charge in [0.05, 0.1) is 13.2 Å². The van der Waals surface area contributed by atoms with Gasteiger partial charge in [0.2, 0.25) is 5.79 Å². The van der Waals surface area contributed by atoms with E-state index in [1.165, 1.54) is 44.9 Å². The summed E-state index contributed by atoms with van der Waals surface area (Å²) in [5.74, 6) is -0.403. The lowest BCUT2D eigenvalue weighted by Crippen LogP contribution is -2.40. The monoisotopic (exact) mass is 326 g/mol. The van der Waals surface area contributed by atoms with Crippen molar-refractivity contribution in [2.24, 2.45) is 5.92 Å². The third-order valence-corrected chi connectivity index (χ3v) is 4.92. The zero-order valence-electron chi connectivity index (χ0n) is 14.6. The molecule has 0 aromatic rings. The van der Waals surface area contributed by atoms with Gasteiger partial charge in [-0.15, -0.1) is 6.58 Å². The van der Waals surface area contributed by atoms with Gasteiger partial charge in [-0.1, -0.05) is 51.0 Å². The topological polar surface area (TPSA) is 36.9 Å². The van der Waals surface area contributed by atoms with Gasteiger partial charge < -0.3 is 0 Å². The maximum Gasteiger partial charge on any atom is 0.233 e. The van der Waals surface area contributed by atoms with Crippen molar-refractivity contribution in [1.29, 1.82) is 0 Å². The molecule has 0 amide bonds. The highest BCUT2D eigenvalue weighted by atomic mass is 17.3. The van der Waals surface area contributed by atoms with E-state index in [4.69, 9.17) is 19.6 Å². The molecular weight excluding hydrogens is 292 g/mol. The number of allylic oxidation sites excluding steroid dienone is 1. The molecular formula is C19H34O4. The van der Waals surface area contributed by atoms with Crippen molar-refractivity contribution in [3.05, 3.63) is 12.7 Å². The normalized spacial score (nSPS) is 25.7. The van der Waals surface area contributed by atoms with E-state index >= 15 is 0 Å². The minimum atomic E-state index is -0.706. The molecule has 0 aromatic carbocycles. The Kier molecular flexibility index (Phi) is 9.20. The molecule has 4 heteroatoms. The van der Waals surface area contributed by atoms with Gasteiger partial charge in [0.1, 0.15) is 0 Å². The van der Waals surface area contributed by atoms with Gasteiger partial charge in [0, 0.05) is 18.8 Å². The minimum Gasteiger partial charge on any atom is -0.233 e. The van der Waals surface area contributed by atoms with Crippen LogP contribution in [0.15, 0.2) is 12.7 Å². The molecule has 1 heterocycles. The Hall–Kier alpha value is -0.420. The Morgan fingerprint density at radius 1 is 0.783 bits per heavy atom. The minimum absolute atomic E-state index is 0.302. The van der Waals surface area contributed by atoms with Crippen LogP contribution < -0.4 is 0 Å². The van der Waals surface area contributed by atoms with E-state index < -0.39 is 5.79 Å². The maximum atomic E-state index is 5.75. The average Bonchev–Trinajstić information content (AvgIpc) is 2.52. The summed E-state index contributed by atoms with van der Waals surface area (Å²) in [6.07, 6.45) is 17.0. The smallest absolute Gasteiger partial charge is 0.233 e. The van der Waals surface area contributed by atoms with Gasteiger partial charge >= 0.3 is 0 Å². The second-order valence-electron chi connectivity index (χ2n) is 7.06. The molecule has 1 aliphatic carbocycles. The van der Waals surface area contributed by atoms with E-state index in [0.717, 1.165) is 38.5 Å². The van der Waals surface area contributed by atoms with Crippen LogP contribution in [0.5, 0.6) is 0 Å². The van der Waals surface area contributed by atoms with Gasteiger partial charge in [0.25, 0.3) is 0 Å². The highest BCUT2D eigenvalue weighted by Crippen LogP contribution is 2.32. The molecule has 134 valence electrons. The van der Waals surface area contributed by atoms with Crippen LogP contribution in [0.25, 0.3) is 0 Å².